The second kappa shape index (κ2) is 8.52. The van der Waals surface area contributed by atoms with Crippen LogP contribution in [0.25, 0.3) is 0 Å². The van der Waals surface area contributed by atoms with Gasteiger partial charge in [-0.1, -0.05) is 20.8 Å². The molecule has 0 radical (unpaired) electrons. The zero-order chi connectivity index (χ0) is 22.2. The minimum atomic E-state index is -0.294. The molecule has 1 unspecified atom stereocenters. The number of rotatable bonds is 7. The Morgan fingerprint density at radius 3 is 2.60 bits per heavy atom. The average molecular weight is 416 g/mol. The van der Waals surface area contributed by atoms with Gasteiger partial charge in [-0.05, 0) is 63.7 Å². The van der Waals surface area contributed by atoms with Gasteiger partial charge < -0.3 is 10.6 Å². The molecule has 1 amide bonds. The van der Waals surface area contributed by atoms with Crippen molar-refractivity contribution in [1.29, 1.82) is 0 Å². The van der Waals surface area contributed by atoms with E-state index in [4.69, 9.17) is 0 Å². The van der Waals surface area contributed by atoms with Crippen molar-refractivity contribution in [3.8, 4) is 0 Å². The van der Waals surface area contributed by atoms with Crippen LogP contribution in [0.2, 0.25) is 0 Å². The summed E-state index contributed by atoms with van der Waals surface area (Å²) in [5, 5.41) is 10.7. The fraction of sp³-hybridized carbons (Fsp3) is 0.739. The van der Waals surface area contributed by atoms with Crippen molar-refractivity contribution in [2.45, 2.75) is 86.0 Å². The normalized spacial score (nSPS) is 27.4. The summed E-state index contributed by atoms with van der Waals surface area (Å²) >= 11 is 0. The standard InChI is InChI=1S/C23H37N5O2/c1-13(2)24-10-17-20(11-25-28(22(17)30)12-21(29)26-14(3)4)27-19-9-16-8-18(15(19)5)23(16,6)7/h10-11,13-16,18-19,27H,8-9,12H2,1-7H3,(H,26,29)/t15-,16+,18?,19-/m1/s1. The minimum Gasteiger partial charge on any atom is -0.380 e. The van der Waals surface area contributed by atoms with Gasteiger partial charge in [-0.15, -0.1) is 0 Å². The van der Waals surface area contributed by atoms with Gasteiger partial charge in [0.1, 0.15) is 6.54 Å². The number of amides is 1. The predicted molar refractivity (Wildman–Crippen MR) is 121 cm³/mol. The van der Waals surface area contributed by atoms with E-state index in [1.54, 1.807) is 12.4 Å². The predicted octanol–water partition coefficient (Wildman–Crippen LogP) is 3.08. The molecule has 0 aliphatic heterocycles. The number of fused-ring (bicyclic) bond motifs is 2. The lowest BCUT2D eigenvalue weighted by Gasteiger charge is -2.62. The van der Waals surface area contributed by atoms with Gasteiger partial charge in [0.15, 0.2) is 0 Å². The van der Waals surface area contributed by atoms with Gasteiger partial charge in [-0.3, -0.25) is 14.6 Å². The number of aliphatic imine (C=N–C) groups is 1. The van der Waals surface area contributed by atoms with Crippen LogP contribution >= 0.6 is 0 Å². The van der Waals surface area contributed by atoms with Crippen molar-refractivity contribution in [1.82, 2.24) is 15.1 Å². The van der Waals surface area contributed by atoms with Gasteiger partial charge in [0.05, 0.1) is 17.4 Å². The molecule has 1 aromatic heterocycles. The molecule has 4 atom stereocenters. The van der Waals surface area contributed by atoms with Gasteiger partial charge in [-0.25, -0.2) is 4.68 Å². The molecule has 3 aliphatic rings. The van der Waals surface area contributed by atoms with Crippen molar-refractivity contribution < 1.29 is 4.79 Å². The smallest absolute Gasteiger partial charge is 0.278 e. The number of anilines is 1. The summed E-state index contributed by atoms with van der Waals surface area (Å²) in [6, 6.07) is 0.402. The van der Waals surface area contributed by atoms with Crippen LogP contribution < -0.4 is 16.2 Å². The topological polar surface area (TPSA) is 88.4 Å². The van der Waals surface area contributed by atoms with Crippen LogP contribution in [0.1, 0.15) is 66.9 Å². The highest BCUT2D eigenvalue weighted by Crippen LogP contribution is 2.61. The first-order valence-corrected chi connectivity index (χ1v) is 11.2. The van der Waals surface area contributed by atoms with Crippen LogP contribution in [-0.4, -0.2) is 40.0 Å². The van der Waals surface area contributed by atoms with E-state index < -0.39 is 0 Å². The lowest BCUT2D eigenvalue weighted by Crippen LogP contribution is -2.58. The van der Waals surface area contributed by atoms with E-state index in [9.17, 15) is 9.59 Å². The third kappa shape index (κ3) is 4.44. The first-order valence-electron chi connectivity index (χ1n) is 11.2. The summed E-state index contributed by atoms with van der Waals surface area (Å²) in [6.45, 7) is 14.7. The average Bonchev–Trinajstić information content (AvgIpc) is 2.63. The highest BCUT2D eigenvalue weighted by molar-refractivity contribution is 5.87. The molecular formula is C23H37N5O2. The van der Waals surface area contributed by atoms with Crippen molar-refractivity contribution in [3.63, 3.8) is 0 Å². The maximum atomic E-state index is 13.1. The number of nitrogens with zero attached hydrogens (tertiary/aromatic N) is 3. The van der Waals surface area contributed by atoms with Crippen LogP contribution in [0.15, 0.2) is 16.0 Å². The highest BCUT2D eigenvalue weighted by Gasteiger charge is 2.56. The summed E-state index contributed by atoms with van der Waals surface area (Å²) in [6.07, 6.45) is 5.71. The van der Waals surface area contributed by atoms with E-state index in [1.807, 2.05) is 27.7 Å². The summed E-state index contributed by atoms with van der Waals surface area (Å²) in [7, 11) is 0. The molecule has 7 heteroatoms. The Morgan fingerprint density at radius 2 is 2.03 bits per heavy atom. The summed E-state index contributed by atoms with van der Waals surface area (Å²) in [5.74, 6) is 1.72. The van der Waals surface area contributed by atoms with Gasteiger partial charge in [0.25, 0.3) is 5.56 Å². The fourth-order valence-corrected chi connectivity index (χ4v) is 5.12. The number of hydrogen-bond donors (Lipinski definition) is 2. The molecule has 7 nitrogen and oxygen atoms in total. The molecular weight excluding hydrogens is 378 g/mol. The van der Waals surface area contributed by atoms with Crippen LogP contribution in [-0.2, 0) is 11.3 Å². The Morgan fingerprint density at radius 1 is 1.33 bits per heavy atom. The molecule has 30 heavy (non-hydrogen) atoms. The zero-order valence-electron chi connectivity index (χ0n) is 19.4. The SMILES string of the molecule is CC(C)N=Cc1c(N[C@@H]2C[C@@H]3CC([C@H]2C)C3(C)C)cnn(CC(=O)NC(C)C)c1=O. The summed E-state index contributed by atoms with van der Waals surface area (Å²) < 4.78 is 1.22. The molecule has 1 heterocycles. The van der Waals surface area contributed by atoms with Crippen LogP contribution in [0.5, 0.6) is 0 Å². The second-order valence-corrected chi connectivity index (χ2v) is 10.2. The molecule has 0 spiro atoms. The summed E-state index contributed by atoms with van der Waals surface area (Å²) in [5.41, 5.74) is 1.30. The van der Waals surface area contributed by atoms with Gasteiger partial charge >= 0.3 is 0 Å². The molecule has 3 aliphatic carbocycles. The fourth-order valence-electron chi connectivity index (χ4n) is 5.12. The monoisotopic (exact) mass is 415 g/mol. The zero-order valence-corrected chi connectivity index (χ0v) is 19.4. The van der Waals surface area contributed by atoms with E-state index in [1.165, 1.54) is 11.1 Å². The Labute approximate surface area is 179 Å². The Balaban J connectivity index is 1.86. The number of aromatic nitrogens is 2. The quantitative estimate of drug-likeness (QED) is 0.670. The molecule has 3 fully saturated rings. The number of nitrogens with one attached hydrogen (secondary N) is 2. The Kier molecular flexibility index (Phi) is 6.39. The maximum absolute atomic E-state index is 13.1. The molecule has 4 rings (SSSR count). The van der Waals surface area contributed by atoms with E-state index in [0.717, 1.165) is 12.3 Å². The lowest BCUT2D eigenvalue weighted by molar-refractivity contribution is -0.122. The molecule has 2 bridgehead atoms. The van der Waals surface area contributed by atoms with Crippen molar-refractivity contribution in [3.05, 3.63) is 22.1 Å². The summed E-state index contributed by atoms with van der Waals surface area (Å²) in [4.78, 5) is 29.7. The first-order chi connectivity index (χ1) is 14.0. The van der Waals surface area contributed by atoms with Crippen molar-refractivity contribution in [2.75, 3.05) is 5.32 Å². The molecule has 1 aromatic rings. The molecule has 0 saturated heterocycles. The van der Waals surface area contributed by atoms with E-state index in [0.29, 0.717) is 34.5 Å². The van der Waals surface area contributed by atoms with Crippen LogP contribution in [0.3, 0.4) is 0 Å². The third-order valence-electron chi connectivity index (χ3n) is 7.02. The van der Waals surface area contributed by atoms with Crippen molar-refractivity contribution in [2.24, 2.45) is 28.2 Å². The van der Waals surface area contributed by atoms with Crippen molar-refractivity contribution >= 4 is 17.8 Å². The largest absolute Gasteiger partial charge is 0.380 e. The maximum Gasteiger partial charge on any atom is 0.278 e. The number of carbonyl (C=O) groups excluding carboxylic acids is 1. The Hall–Kier alpha value is -2.18. The van der Waals surface area contributed by atoms with E-state index in [-0.39, 0.29) is 30.1 Å². The van der Waals surface area contributed by atoms with Gasteiger partial charge in [0.2, 0.25) is 5.91 Å². The van der Waals surface area contributed by atoms with E-state index >= 15 is 0 Å². The van der Waals surface area contributed by atoms with Gasteiger partial charge in [0, 0.05) is 24.3 Å². The van der Waals surface area contributed by atoms with Crippen LogP contribution in [0.4, 0.5) is 5.69 Å². The van der Waals surface area contributed by atoms with Gasteiger partial charge in [-0.2, -0.15) is 5.10 Å². The minimum absolute atomic E-state index is 0.0135. The molecule has 2 N–H and O–H groups in total. The lowest BCUT2D eigenvalue weighted by atomic mass is 9.45. The Bertz CT molecular complexity index is 871. The number of carbonyl (C=O) groups is 1. The first kappa shape index (κ1) is 22.5. The third-order valence-corrected chi connectivity index (χ3v) is 7.02. The second-order valence-electron chi connectivity index (χ2n) is 10.2. The van der Waals surface area contributed by atoms with Crippen LogP contribution in [0, 0.1) is 23.2 Å². The van der Waals surface area contributed by atoms with E-state index in [2.05, 4.69) is 41.5 Å². The highest BCUT2D eigenvalue weighted by atomic mass is 16.2. The molecule has 0 aromatic carbocycles. The molecule has 3 saturated carbocycles. The number of hydrogen-bond acceptors (Lipinski definition) is 5. The molecule has 166 valence electrons.